The minimum absolute atomic E-state index is 0.0417. The highest BCUT2D eigenvalue weighted by molar-refractivity contribution is 7.92. The van der Waals surface area contributed by atoms with Gasteiger partial charge in [-0.15, -0.1) is 0 Å². The highest BCUT2D eigenvalue weighted by atomic mass is 32.2. The molecule has 0 unspecified atom stereocenters. The van der Waals surface area contributed by atoms with Crippen molar-refractivity contribution < 1.29 is 31.6 Å². The minimum Gasteiger partial charge on any atom is -0.469 e. The molecule has 0 bridgehead atoms. The number of esters is 1. The Kier molecular flexibility index (Phi) is 11.1. The van der Waals surface area contributed by atoms with E-state index in [9.17, 15) is 22.4 Å². The molecule has 0 spiro atoms. The van der Waals surface area contributed by atoms with Crippen LogP contribution in [0.15, 0.2) is 30.3 Å². The zero-order valence-corrected chi connectivity index (χ0v) is 27.4. The van der Waals surface area contributed by atoms with Gasteiger partial charge in [0.05, 0.1) is 37.3 Å². The van der Waals surface area contributed by atoms with E-state index in [2.05, 4.69) is 30.7 Å². The lowest BCUT2D eigenvalue weighted by Gasteiger charge is -2.39. The number of methoxy groups -OCH3 is 1. The Morgan fingerprint density at radius 3 is 2.17 bits per heavy atom. The number of carbonyl (C=O) groups excluding carboxylic acids is 2. The van der Waals surface area contributed by atoms with E-state index in [1.165, 1.54) is 44.5 Å². The van der Waals surface area contributed by atoms with Crippen LogP contribution < -0.4 is 4.31 Å². The largest absolute Gasteiger partial charge is 0.469 e. The van der Waals surface area contributed by atoms with Crippen molar-refractivity contribution in [2.24, 2.45) is 0 Å². The predicted molar refractivity (Wildman–Crippen MR) is 162 cm³/mol. The average molecular weight is 608 g/mol. The normalized spacial score (nSPS) is 13.5. The van der Waals surface area contributed by atoms with Crippen LogP contribution in [-0.2, 0) is 28.8 Å². The summed E-state index contributed by atoms with van der Waals surface area (Å²) in [6, 6.07) is 5.62. The Morgan fingerprint density at radius 2 is 1.68 bits per heavy atom. The van der Waals surface area contributed by atoms with Gasteiger partial charge in [-0.3, -0.25) is 9.59 Å². The van der Waals surface area contributed by atoms with Crippen LogP contribution >= 0.6 is 0 Å². The van der Waals surface area contributed by atoms with Gasteiger partial charge in [-0.1, -0.05) is 34.6 Å². The van der Waals surface area contributed by atoms with Gasteiger partial charge in [0.25, 0.3) is 0 Å². The number of hydrogen-bond donors (Lipinski definition) is 0. The number of benzene rings is 1. The molecule has 226 valence electrons. The van der Waals surface area contributed by atoms with Crippen LogP contribution in [0.25, 0.3) is 17.3 Å². The Labute approximate surface area is 244 Å². The van der Waals surface area contributed by atoms with Gasteiger partial charge in [0, 0.05) is 24.6 Å². The molecule has 0 saturated carbocycles. The Balaban J connectivity index is 2.58. The summed E-state index contributed by atoms with van der Waals surface area (Å²) in [6.07, 6.45) is 3.25. The zero-order valence-electron chi connectivity index (χ0n) is 25.6. The second kappa shape index (κ2) is 13.3. The van der Waals surface area contributed by atoms with E-state index < -0.39 is 36.2 Å². The molecule has 1 atom stereocenters. The fraction of sp³-hybridized carbons (Fsp3) is 0.517. The molecule has 0 N–H and O–H groups in total. The molecule has 0 saturated heterocycles. The second-order valence-electron chi connectivity index (χ2n) is 11.8. The maximum absolute atomic E-state index is 13.7. The van der Waals surface area contributed by atoms with E-state index in [0.29, 0.717) is 22.5 Å². The molecule has 1 aromatic heterocycles. The van der Waals surface area contributed by atoms with Crippen molar-refractivity contribution in [3.63, 3.8) is 0 Å². The third-order valence-electron chi connectivity index (χ3n) is 7.16. The summed E-state index contributed by atoms with van der Waals surface area (Å²) in [7, 11) is -3.32. The molecule has 0 aliphatic heterocycles. The van der Waals surface area contributed by atoms with Gasteiger partial charge >= 0.3 is 5.97 Å². The Hall–Kier alpha value is -2.96. The summed E-state index contributed by atoms with van der Waals surface area (Å²) < 4.78 is 50.5. The molecule has 0 aliphatic carbocycles. The number of ketones is 1. The molecule has 2 aromatic rings. The molecule has 1 heterocycles. The lowest BCUT2D eigenvalue weighted by atomic mass is 9.97. The van der Waals surface area contributed by atoms with E-state index in [0.717, 1.165) is 10.6 Å². The van der Waals surface area contributed by atoms with Gasteiger partial charge < -0.3 is 9.16 Å². The topological polar surface area (TPSA) is 116 Å². The summed E-state index contributed by atoms with van der Waals surface area (Å²) in [5, 5.41) is -0.130. The highest BCUT2D eigenvalue weighted by Crippen LogP contribution is 2.38. The molecule has 0 radical (unpaired) electrons. The number of aromatic nitrogens is 2. The predicted octanol–water partition coefficient (Wildman–Crippen LogP) is 5.73. The number of rotatable bonds is 12. The van der Waals surface area contributed by atoms with E-state index >= 15 is 0 Å². The van der Waals surface area contributed by atoms with Crippen LogP contribution in [0, 0.1) is 5.82 Å². The maximum Gasteiger partial charge on any atom is 0.308 e. The van der Waals surface area contributed by atoms with Crippen LogP contribution in [0.5, 0.6) is 0 Å². The number of carbonyl (C=O) groups is 2. The van der Waals surface area contributed by atoms with E-state index in [1.807, 2.05) is 26.9 Å². The first kappa shape index (κ1) is 34.2. The van der Waals surface area contributed by atoms with Crippen molar-refractivity contribution in [2.45, 2.75) is 77.6 Å². The molecule has 1 aromatic carbocycles. The van der Waals surface area contributed by atoms with Crippen LogP contribution in [0.3, 0.4) is 0 Å². The molecule has 2 rings (SSSR count). The van der Waals surface area contributed by atoms with Crippen molar-refractivity contribution in [3.8, 4) is 11.3 Å². The number of nitrogens with zero attached hydrogens (tertiary/aromatic N) is 3. The zero-order chi connectivity index (χ0) is 31.3. The van der Waals surface area contributed by atoms with Gasteiger partial charge in [-0.25, -0.2) is 27.1 Å². The van der Waals surface area contributed by atoms with Crippen molar-refractivity contribution >= 4 is 42.1 Å². The van der Waals surface area contributed by atoms with E-state index in [1.54, 1.807) is 6.08 Å². The van der Waals surface area contributed by atoms with Crippen molar-refractivity contribution in [1.82, 2.24) is 9.97 Å². The first-order chi connectivity index (χ1) is 18.8. The highest BCUT2D eigenvalue weighted by Gasteiger charge is 2.40. The van der Waals surface area contributed by atoms with E-state index in [4.69, 9.17) is 9.16 Å². The molecule has 41 heavy (non-hydrogen) atoms. The first-order valence-corrected chi connectivity index (χ1v) is 18.1. The van der Waals surface area contributed by atoms with Gasteiger partial charge in [0.2, 0.25) is 16.0 Å². The molecular weight excluding hydrogens is 565 g/mol. The van der Waals surface area contributed by atoms with Crippen molar-refractivity contribution in [1.29, 1.82) is 0 Å². The first-order valence-electron chi connectivity index (χ1n) is 13.3. The van der Waals surface area contributed by atoms with Crippen molar-refractivity contribution in [3.05, 3.63) is 47.4 Å². The molecule has 0 fully saturated rings. The molecule has 0 amide bonds. The van der Waals surface area contributed by atoms with Crippen LogP contribution in [0.2, 0.25) is 18.1 Å². The SMILES string of the molecule is COC(=O)C[C@@H](CC(=O)/C=C/c1c(-c2ccc(F)cc2)nc(N(C)S(C)(=O)=O)nc1C(C)C)O[Si](C)(C)C(C)(C)C. The number of hydrogen-bond acceptors (Lipinski definition) is 8. The lowest BCUT2D eigenvalue weighted by Crippen LogP contribution is -2.44. The average Bonchev–Trinajstić information content (AvgIpc) is 2.85. The number of allylic oxidation sites excluding steroid dienone is 1. The quantitative estimate of drug-likeness (QED) is 0.171. The number of anilines is 1. The second-order valence-corrected chi connectivity index (χ2v) is 18.6. The molecular formula is C29H42FN3O6SSi. The summed E-state index contributed by atoms with van der Waals surface area (Å²) in [5.41, 5.74) is 1.88. The van der Waals surface area contributed by atoms with Gasteiger partial charge in [-0.2, -0.15) is 0 Å². The third kappa shape index (κ3) is 9.27. The Morgan fingerprint density at radius 1 is 1.10 bits per heavy atom. The van der Waals surface area contributed by atoms with E-state index in [-0.39, 0.29) is 35.5 Å². The van der Waals surface area contributed by atoms with Crippen LogP contribution in [-0.4, -0.2) is 65.0 Å². The van der Waals surface area contributed by atoms with Crippen molar-refractivity contribution in [2.75, 3.05) is 24.7 Å². The maximum atomic E-state index is 13.7. The summed E-state index contributed by atoms with van der Waals surface area (Å²) in [4.78, 5) is 34.4. The Bertz CT molecular complexity index is 1390. The van der Waals surface area contributed by atoms with Crippen LogP contribution in [0.1, 0.15) is 64.6 Å². The smallest absolute Gasteiger partial charge is 0.308 e. The summed E-state index contributed by atoms with van der Waals surface area (Å²) in [5.74, 6) is -1.40. The lowest BCUT2D eigenvalue weighted by molar-refractivity contribution is -0.142. The fourth-order valence-corrected chi connectivity index (χ4v) is 5.41. The van der Waals surface area contributed by atoms with Gasteiger partial charge in [0.1, 0.15) is 5.82 Å². The molecule has 12 heteroatoms. The van der Waals surface area contributed by atoms with Gasteiger partial charge in [-0.05, 0) is 60.5 Å². The monoisotopic (exact) mass is 607 g/mol. The number of halogens is 1. The minimum atomic E-state index is -3.67. The van der Waals surface area contributed by atoms with Gasteiger partial charge in [0.15, 0.2) is 14.1 Å². The standard InChI is InChI=1S/C29H42FN3O6SSi/c1-19(2)26-24(16-15-22(34)17-23(18-25(35)38-7)39-41(9,10)29(3,4)5)27(20-11-13-21(30)14-12-20)32-28(31-26)33(6)40(8,36)37/h11-16,19,23H,17-18H2,1-10H3/b16-15+/t23-/m1/s1. The molecule has 0 aliphatic rings. The van der Waals surface area contributed by atoms with Crippen LogP contribution in [0.4, 0.5) is 10.3 Å². The molecule has 9 nitrogen and oxygen atoms in total. The summed E-state index contributed by atoms with van der Waals surface area (Å²) in [6.45, 7) is 14.1. The third-order valence-corrected chi connectivity index (χ3v) is 12.9. The fourth-order valence-electron chi connectivity index (χ4n) is 3.68. The number of sulfonamides is 1. The summed E-state index contributed by atoms with van der Waals surface area (Å²) >= 11 is 0. The number of ether oxygens (including phenoxy) is 1.